The van der Waals surface area contributed by atoms with Crippen molar-refractivity contribution >= 4 is 17.2 Å². The topological polar surface area (TPSA) is 58.8 Å². The predicted molar refractivity (Wildman–Crippen MR) is 102 cm³/mol. The molecule has 1 fully saturated rings. The van der Waals surface area contributed by atoms with Crippen molar-refractivity contribution in [1.82, 2.24) is 19.8 Å². The van der Waals surface area contributed by atoms with Crippen LogP contribution in [0.5, 0.6) is 5.75 Å². The number of anilines is 2. The first kappa shape index (κ1) is 16.6. The van der Waals surface area contributed by atoms with Crippen LogP contribution in [0.25, 0.3) is 5.65 Å². The van der Waals surface area contributed by atoms with Crippen LogP contribution >= 0.6 is 0 Å². The fourth-order valence-corrected chi connectivity index (χ4v) is 3.31. The Morgan fingerprint density at radius 3 is 2.23 bits per heavy atom. The van der Waals surface area contributed by atoms with E-state index in [0.29, 0.717) is 5.92 Å². The van der Waals surface area contributed by atoms with E-state index in [-0.39, 0.29) is 0 Å². The van der Waals surface area contributed by atoms with E-state index in [9.17, 15) is 0 Å². The third kappa shape index (κ3) is 3.05. The second-order valence-corrected chi connectivity index (χ2v) is 6.85. The number of benzene rings is 1. The summed E-state index contributed by atoms with van der Waals surface area (Å²) in [6.07, 6.45) is 0. The molecule has 1 saturated heterocycles. The van der Waals surface area contributed by atoms with Gasteiger partial charge in [-0.25, -0.2) is 0 Å². The van der Waals surface area contributed by atoms with Crippen LogP contribution in [0, 0.1) is 0 Å². The van der Waals surface area contributed by atoms with Gasteiger partial charge in [-0.05, 0) is 36.4 Å². The first-order valence-electron chi connectivity index (χ1n) is 9.02. The van der Waals surface area contributed by atoms with Crippen molar-refractivity contribution < 1.29 is 4.74 Å². The van der Waals surface area contributed by atoms with Crippen molar-refractivity contribution in [3.05, 3.63) is 42.2 Å². The molecule has 0 aliphatic carbocycles. The zero-order valence-corrected chi connectivity index (χ0v) is 15.5. The van der Waals surface area contributed by atoms with Gasteiger partial charge in [0.2, 0.25) is 0 Å². The number of hydrogen-bond acceptors (Lipinski definition) is 6. The molecular formula is C19H24N6O. The summed E-state index contributed by atoms with van der Waals surface area (Å²) in [4.78, 5) is 4.72. The van der Waals surface area contributed by atoms with Crippen molar-refractivity contribution in [3.8, 4) is 5.75 Å². The maximum absolute atomic E-state index is 5.24. The van der Waals surface area contributed by atoms with Crippen LogP contribution in [0.4, 0.5) is 11.5 Å². The summed E-state index contributed by atoms with van der Waals surface area (Å²) in [7, 11) is 1.69. The highest BCUT2D eigenvalue weighted by Crippen LogP contribution is 2.22. The molecule has 0 saturated carbocycles. The van der Waals surface area contributed by atoms with Gasteiger partial charge in [0.1, 0.15) is 11.6 Å². The summed E-state index contributed by atoms with van der Waals surface area (Å²) in [6, 6.07) is 12.3. The quantitative estimate of drug-likeness (QED) is 0.719. The van der Waals surface area contributed by atoms with Gasteiger partial charge in [-0.3, -0.25) is 0 Å². The molecule has 1 aliphatic heterocycles. The minimum absolute atomic E-state index is 0.291. The van der Waals surface area contributed by atoms with Gasteiger partial charge in [-0.1, -0.05) is 13.8 Å². The molecule has 0 N–H and O–H groups in total. The Hall–Kier alpha value is -2.83. The predicted octanol–water partition coefficient (Wildman–Crippen LogP) is 2.58. The molecular weight excluding hydrogens is 328 g/mol. The van der Waals surface area contributed by atoms with Gasteiger partial charge in [-0.15, -0.1) is 15.3 Å². The molecule has 0 spiro atoms. The lowest BCUT2D eigenvalue weighted by Crippen LogP contribution is -2.47. The highest BCUT2D eigenvalue weighted by Gasteiger charge is 2.20. The zero-order valence-electron chi connectivity index (χ0n) is 15.5. The van der Waals surface area contributed by atoms with E-state index in [0.717, 1.165) is 49.2 Å². The number of hydrogen-bond donors (Lipinski definition) is 0. The number of rotatable bonds is 4. The van der Waals surface area contributed by atoms with E-state index in [2.05, 4.69) is 46.0 Å². The maximum atomic E-state index is 5.24. The van der Waals surface area contributed by atoms with Crippen molar-refractivity contribution in [2.24, 2.45) is 0 Å². The SMILES string of the molecule is COc1ccc(N2CCN(c3ccc4nnc(C(C)C)n4n3)CC2)cc1. The van der Waals surface area contributed by atoms with Gasteiger partial charge in [0, 0.05) is 37.8 Å². The second kappa shape index (κ2) is 6.82. The van der Waals surface area contributed by atoms with Crippen LogP contribution in [0.1, 0.15) is 25.6 Å². The lowest BCUT2D eigenvalue weighted by molar-refractivity contribution is 0.415. The molecule has 0 unspecified atom stereocenters. The van der Waals surface area contributed by atoms with Crippen LogP contribution in [0.15, 0.2) is 36.4 Å². The van der Waals surface area contributed by atoms with Crippen LogP contribution in [0.2, 0.25) is 0 Å². The lowest BCUT2D eigenvalue weighted by Gasteiger charge is -2.36. The maximum Gasteiger partial charge on any atom is 0.178 e. The van der Waals surface area contributed by atoms with E-state index < -0.39 is 0 Å². The lowest BCUT2D eigenvalue weighted by atomic mass is 10.2. The Balaban J connectivity index is 1.48. The number of fused-ring (bicyclic) bond motifs is 1. The summed E-state index contributed by atoms with van der Waals surface area (Å²) < 4.78 is 7.11. The van der Waals surface area contributed by atoms with Gasteiger partial charge in [0.15, 0.2) is 11.5 Å². The smallest absolute Gasteiger partial charge is 0.178 e. The molecule has 1 aromatic carbocycles. The normalized spacial score (nSPS) is 15.1. The minimum Gasteiger partial charge on any atom is -0.497 e. The van der Waals surface area contributed by atoms with Gasteiger partial charge >= 0.3 is 0 Å². The summed E-state index contributed by atoms with van der Waals surface area (Å²) in [5.74, 6) is 3.06. The molecule has 26 heavy (non-hydrogen) atoms. The number of methoxy groups -OCH3 is 1. The highest BCUT2D eigenvalue weighted by atomic mass is 16.5. The van der Waals surface area contributed by atoms with Gasteiger partial charge in [0.05, 0.1) is 7.11 Å². The number of piperazine rings is 1. The van der Waals surface area contributed by atoms with Crippen LogP contribution in [-0.2, 0) is 0 Å². The number of nitrogens with zero attached hydrogens (tertiary/aromatic N) is 6. The van der Waals surface area contributed by atoms with E-state index in [4.69, 9.17) is 9.84 Å². The molecule has 1 aliphatic rings. The van der Waals surface area contributed by atoms with Crippen molar-refractivity contribution in [2.75, 3.05) is 43.1 Å². The molecule has 0 radical (unpaired) electrons. The van der Waals surface area contributed by atoms with Gasteiger partial charge in [0.25, 0.3) is 0 Å². The molecule has 2 aromatic heterocycles. The largest absolute Gasteiger partial charge is 0.497 e. The molecule has 0 bridgehead atoms. The Morgan fingerprint density at radius 2 is 1.58 bits per heavy atom. The van der Waals surface area contributed by atoms with E-state index >= 15 is 0 Å². The average Bonchev–Trinajstić information content (AvgIpc) is 3.12. The number of aromatic nitrogens is 4. The summed E-state index contributed by atoms with van der Waals surface area (Å²) in [6.45, 7) is 8.01. The number of ether oxygens (including phenoxy) is 1. The van der Waals surface area contributed by atoms with Gasteiger partial charge < -0.3 is 14.5 Å². The fourth-order valence-electron chi connectivity index (χ4n) is 3.31. The second-order valence-electron chi connectivity index (χ2n) is 6.85. The van der Waals surface area contributed by atoms with Crippen LogP contribution in [0.3, 0.4) is 0 Å². The molecule has 3 heterocycles. The summed E-state index contributed by atoms with van der Waals surface area (Å²) in [5.41, 5.74) is 2.03. The highest BCUT2D eigenvalue weighted by molar-refractivity contribution is 5.52. The summed E-state index contributed by atoms with van der Waals surface area (Å²) >= 11 is 0. The Kier molecular flexibility index (Phi) is 4.36. The van der Waals surface area contributed by atoms with Crippen LogP contribution < -0.4 is 14.5 Å². The molecule has 7 heteroatoms. The van der Waals surface area contributed by atoms with Crippen LogP contribution in [-0.4, -0.2) is 53.1 Å². The van der Waals surface area contributed by atoms with E-state index in [1.165, 1.54) is 5.69 Å². The monoisotopic (exact) mass is 352 g/mol. The zero-order chi connectivity index (χ0) is 18.1. The molecule has 7 nitrogen and oxygen atoms in total. The first-order chi connectivity index (χ1) is 12.7. The van der Waals surface area contributed by atoms with Crippen molar-refractivity contribution in [2.45, 2.75) is 19.8 Å². The molecule has 0 amide bonds. The average molecular weight is 352 g/mol. The van der Waals surface area contributed by atoms with Crippen molar-refractivity contribution in [3.63, 3.8) is 0 Å². The first-order valence-corrected chi connectivity index (χ1v) is 9.02. The Morgan fingerprint density at radius 1 is 0.885 bits per heavy atom. The standard InChI is InChI=1S/C19H24N6O/c1-14(2)19-21-20-17-8-9-18(22-25(17)19)24-12-10-23(11-13-24)15-4-6-16(26-3)7-5-15/h4-9,14H,10-13H2,1-3H3. The Bertz CT molecular complexity index is 881. The molecule has 136 valence electrons. The van der Waals surface area contributed by atoms with Crippen molar-refractivity contribution in [1.29, 1.82) is 0 Å². The summed E-state index contributed by atoms with van der Waals surface area (Å²) in [5, 5.41) is 13.2. The fraction of sp³-hybridized carbons (Fsp3) is 0.421. The van der Waals surface area contributed by atoms with Gasteiger partial charge in [-0.2, -0.15) is 4.52 Å². The van der Waals surface area contributed by atoms with E-state index in [1.54, 1.807) is 7.11 Å². The molecule has 4 rings (SSSR count). The minimum atomic E-state index is 0.291. The third-order valence-electron chi connectivity index (χ3n) is 4.83. The molecule has 0 atom stereocenters. The molecule has 3 aromatic rings. The Labute approximate surface area is 153 Å². The van der Waals surface area contributed by atoms with E-state index in [1.807, 2.05) is 28.8 Å². The third-order valence-corrected chi connectivity index (χ3v) is 4.83.